The normalized spacial score (nSPS) is 11.9. The van der Waals surface area contributed by atoms with Gasteiger partial charge in [-0.05, 0) is 37.6 Å². The van der Waals surface area contributed by atoms with E-state index in [-0.39, 0.29) is 5.88 Å². The molecule has 1 N–H and O–H groups in total. The van der Waals surface area contributed by atoms with Gasteiger partial charge in [-0.2, -0.15) is 0 Å². The van der Waals surface area contributed by atoms with Crippen LogP contribution in [-0.2, 0) is 14.3 Å². The lowest BCUT2D eigenvalue weighted by molar-refractivity contribution is -0.148. The summed E-state index contributed by atoms with van der Waals surface area (Å²) in [6.45, 7) is 3.16. The van der Waals surface area contributed by atoms with Crippen molar-refractivity contribution in [2.75, 3.05) is 19.5 Å². The third-order valence-electron chi connectivity index (χ3n) is 3.40. The minimum atomic E-state index is -1.03. The summed E-state index contributed by atoms with van der Waals surface area (Å²) in [6, 6.07) is 4.80. The summed E-state index contributed by atoms with van der Waals surface area (Å²) >= 11 is 6.11. The molecule has 1 atom stereocenters. The second-order valence-corrected chi connectivity index (χ2v) is 5.88. The van der Waals surface area contributed by atoms with E-state index < -0.39 is 18.0 Å². The molecular weight excluding hydrogens is 376 g/mol. The molecule has 1 unspecified atom stereocenters. The van der Waals surface area contributed by atoms with E-state index in [1.165, 1.54) is 33.3 Å². The maximum atomic E-state index is 12.0. The van der Waals surface area contributed by atoms with E-state index in [1.54, 1.807) is 25.1 Å². The molecule has 0 fully saturated rings. The Morgan fingerprint density at radius 1 is 1.26 bits per heavy atom. The number of nitrogens with one attached hydrogen (secondary N) is 1. The minimum absolute atomic E-state index is 0.177. The van der Waals surface area contributed by atoms with E-state index in [0.29, 0.717) is 27.8 Å². The van der Waals surface area contributed by atoms with Crippen molar-refractivity contribution in [1.82, 2.24) is 5.16 Å². The van der Waals surface area contributed by atoms with Gasteiger partial charge in [-0.3, -0.25) is 10.1 Å². The van der Waals surface area contributed by atoms with Crippen LogP contribution in [0.5, 0.6) is 11.5 Å². The van der Waals surface area contributed by atoms with Crippen molar-refractivity contribution in [2.24, 2.45) is 0 Å². The van der Waals surface area contributed by atoms with Gasteiger partial charge in [0.05, 0.1) is 24.9 Å². The number of hydrogen-bond donors (Lipinski definition) is 1. The molecule has 0 radical (unpaired) electrons. The molecule has 144 valence electrons. The molecule has 1 heterocycles. The Morgan fingerprint density at radius 3 is 2.59 bits per heavy atom. The van der Waals surface area contributed by atoms with Crippen LogP contribution in [0.1, 0.15) is 18.2 Å². The fraction of sp³-hybridized carbons (Fsp3) is 0.278. The molecule has 0 saturated heterocycles. The molecule has 9 heteroatoms. The average Bonchev–Trinajstić information content (AvgIpc) is 3.03. The highest BCUT2D eigenvalue weighted by Crippen LogP contribution is 2.36. The molecule has 0 aliphatic rings. The molecule has 0 saturated carbocycles. The molecule has 8 nitrogen and oxygen atoms in total. The van der Waals surface area contributed by atoms with Gasteiger partial charge in [-0.1, -0.05) is 16.8 Å². The number of esters is 1. The summed E-state index contributed by atoms with van der Waals surface area (Å²) in [5.74, 6) is -0.241. The number of carbonyl (C=O) groups is 2. The summed E-state index contributed by atoms with van der Waals surface area (Å²) < 4.78 is 20.3. The molecule has 0 spiro atoms. The summed E-state index contributed by atoms with van der Waals surface area (Å²) in [5, 5.41) is 6.44. The van der Waals surface area contributed by atoms with E-state index in [2.05, 4.69) is 10.5 Å². The van der Waals surface area contributed by atoms with Gasteiger partial charge in [-0.15, -0.1) is 0 Å². The molecule has 1 aromatic heterocycles. The quantitative estimate of drug-likeness (QED) is 0.568. The Labute approximate surface area is 161 Å². The van der Waals surface area contributed by atoms with Crippen molar-refractivity contribution >= 4 is 35.4 Å². The number of carbonyl (C=O) groups excluding carboxylic acids is 2. The van der Waals surface area contributed by atoms with Gasteiger partial charge < -0.3 is 18.7 Å². The number of methoxy groups -OCH3 is 2. The zero-order valence-corrected chi connectivity index (χ0v) is 16.0. The SMILES string of the molecule is COc1cc(/C=C/C(=O)OC(C)C(=O)Nc2cc(C)no2)cc(Cl)c1OC. The highest BCUT2D eigenvalue weighted by atomic mass is 35.5. The number of benzene rings is 1. The number of halogens is 1. The molecule has 1 amide bonds. The van der Waals surface area contributed by atoms with Crippen molar-refractivity contribution in [1.29, 1.82) is 0 Å². The molecule has 0 aliphatic carbocycles. The lowest BCUT2D eigenvalue weighted by Gasteiger charge is -2.11. The summed E-state index contributed by atoms with van der Waals surface area (Å²) in [4.78, 5) is 23.9. The van der Waals surface area contributed by atoms with Gasteiger partial charge in [0.25, 0.3) is 5.91 Å². The van der Waals surface area contributed by atoms with Crippen LogP contribution in [0.3, 0.4) is 0 Å². The molecule has 1 aromatic carbocycles. The monoisotopic (exact) mass is 394 g/mol. The molecule has 2 rings (SSSR count). The van der Waals surface area contributed by atoms with E-state index in [9.17, 15) is 9.59 Å². The Bertz CT molecular complexity index is 862. The predicted molar refractivity (Wildman–Crippen MR) is 99.0 cm³/mol. The second-order valence-electron chi connectivity index (χ2n) is 5.47. The van der Waals surface area contributed by atoms with Gasteiger partial charge in [0.1, 0.15) is 0 Å². The fourth-order valence-electron chi connectivity index (χ4n) is 2.11. The van der Waals surface area contributed by atoms with E-state index in [0.717, 1.165) is 0 Å². The number of ether oxygens (including phenoxy) is 3. The van der Waals surface area contributed by atoms with Crippen molar-refractivity contribution in [3.05, 3.63) is 40.6 Å². The number of amides is 1. The van der Waals surface area contributed by atoms with Gasteiger partial charge in [-0.25, -0.2) is 4.79 Å². The van der Waals surface area contributed by atoms with Crippen LogP contribution in [-0.4, -0.2) is 37.4 Å². The zero-order chi connectivity index (χ0) is 20.0. The summed E-state index contributed by atoms with van der Waals surface area (Å²) in [6.07, 6.45) is 1.64. The van der Waals surface area contributed by atoms with Crippen LogP contribution in [0.15, 0.2) is 28.8 Å². The van der Waals surface area contributed by atoms with Crippen LogP contribution in [0.25, 0.3) is 6.08 Å². The van der Waals surface area contributed by atoms with E-state index in [1.807, 2.05) is 0 Å². The van der Waals surface area contributed by atoms with Crippen molar-refractivity contribution in [2.45, 2.75) is 20.0 Å². The molecule has 27 heavy (non-hydrogen) atoms. The number of anilines is 1. The highest BCUT2D eigenvalue weighted by molar-refractivity contribution is 6.32. The summed E-state index contributed by atoms with van der Waals surface area (Å²) in [7, 11) is 2.95. The maximum Gasteiger partial charge on any atom is 0.331 e. The third kappa shape index (κ3) is 5.49. The van der Waals surface area contributed by atoms with Gasteiger partial charge >= 0.3 is 5.97 Å². The Balaban J connectivity index is 1.98. The lowest BCUT2D eigenvalue weighted by Crippen LogP contribution is -2.29. The Hall–Kier alpha value is -3.00. The standard InChI is InChI=1S/C18H19ClN2O6/c1-10-7-15(27-21-10)20-18(23)11(2)26-16(22)6-5-12-8-13(19)17(25-4)14(9-12)24-3/h5-9,11H,1-4H3,(H,20,23)/b6-5+. The van der Waals surface area contributed by atoms with Crippen LogP contribution in [0, 0.1) is 6.92 Å². The van der Waals surface area contributed by atoms with E-state index >= 15 is 0 Å². The minimum Gasteiger partial charge on any atom is -0.493 e. The van der Waals surface area contributed by atoms with Crippen molar-refractivity contribution in [3.63, 3.8) is 0 Å². The predicted octanol–water partition coefficient (Wildman–Crippen LogP) is 3.24. The summed E-state index contributed by atoms with van der Waals surface area (Å²) in [5.41, 5.74) is 1.22. The Kier molecular flexibility index (Phi) is 6.84. The number of aromatic nitrogens is 1. The third-order valence-corrected chi connectivity index (χ3v) is 3.69. The smallest absolute Gasteiger partial charge is 0.331 e. The Morgan fingerprint density at radius 2 is 2.00 bits per heavy atom. The zero-order valence-electron chi connectivity index (χ0n) is 15.2. The first-order valence-corrected chi connectivity index (χ1v) is 8.26. The van der Waals surface area contributed by atoms with Crippen LogP contribution in [0.2, 0.25) is 5.02 Å². The highest BCUT2D eigenvalue weighted by Gasteiger charge is 2.18. The van der Waals surface area contributed by atoms with E-state index in [4.69, 9.17) is 30.3 Å². The topological polar surface area (TPSA) is 99.9 Å². The van der Waals surface area contributed by atoms with Crippen molar-refractivity contribution < 1.29 is 28.3 Å². The number of hydrogen-bond acceptors (Lipinski definition) is 7. The molecule has 2 aromatic rings. The van der Waals surface area contributed by atoms with Gasteiger partial charge in [0.15, 0.2) is 17.6 Å². The number of rotatable bonds is 7. The molecule has 0 aliphatic heterocycles. The molecule has 0 bridgehead atoms. The largest absolute Gasteiger partial charge is 0.493 e. The first-order chi connectivity index (χ1) is 12.8. The average molecular weight is 395 g/mol. The first-order valence-electron chi connectivity index (χ1n) is 7.88. The lowest BCUT2D eigenvalue weighted by atomic mass is 10.2. The number of aryl methyl sites for hydroxylation is 1. The van der Waals surface area contributed by atoms with Crippen LogP contribution in [0.4, 0.5) is 5.88 Å². The van der Waals surface area contributed by atoms with Gasteiger partial charge in [0, 0.05) is 12.1 Å². The van der Waals surface area contributed by atoms with Gasteiger partial charge in [0.2, 0.25) is 5.88 Å². The fourth-order valence-corrected chi connectivity index (χ4v) is 2.41. The van der Waals surface area contributed by atoms with Crippen LogP contribution < -0.4 is 14.8 Å². The number of nitrogens with zero attached hydrogens (tertiary/aromatic N) is 1. The second kappa shape index (κ2) is 9.09. The van der Waals surface area contributed by atoms with Crippen molar-refractivity contribution in [3.8, 4) is 11.5 Å². The maximum absolute atomic E-state index is 12.0. The first kappa shape index (κ1) is 20.3. The molecular formula is C18H19ClN2O6. The van der Waals surface area contributed by atoms with Crippen LogP contribution >= 0.6 is 11.6 Å².